The second-order valence-electron chi connectivity index (χ2n) is 4.45. The SMILES string of the molecule is O=C(CSc1nc2cnc(I)cc2[nH]1)Nc1ccc(O)cc1. The molecule has 3 rings (SSSR count). The third-order valence-corrected chi connectivity index (χ3v) is 4.27. The lowest BCUT2D eigenvalue weighted by atomic mass is 10.3. The Hall–Kier alpha value is -1.81. The number of hydrogen-bond acceptors (Lipinski definition) is 5. The van der Waals surface area contributed by atoms with Crippen LogP contribution in [0.2, 0.25) is 0 Å². The summed E-state index contributed by atoms with van der Waals surface area (Å²) >= 11 is 3.46. The molecule has 6 nitrogen and oxygen atoms in total. The van der Waals surface area contributed by atoms with Gasteiger partial charge in [0.15, 0.2) is 5.16 Å². The summed E-state index contributed by atoms with van der Waals surface area (Å²) in [5.41, 5.74) is 2.33. The number of pyridine rings is 1. The molecular weight excluding hydrogens is 415 g/mol. The number of carbonyl (C=O) groups excluding carboxylic acids is 1. The summed E-state index contributed by atoms with van der Waals surface area (Å²) in [6, 6.07) is 8.25. The number of fused-ring (bicyclic) bond motifs is 1. The average molecular weight is 426 g/mol. The fourth-order valence-electron chi connectivity index (χ4n) is 1.81. The van der Waals surface area contributed by atoms with Crippen molar-refractivity contribution < 1.29 is 9.90 Å². The maximum absolute atomic E-state index is 11.9. The van der Waals surface area contributed by atoms with Crippen LogP contribution in [0.15, 0.2) is 41.7 Å². The molecule has 3 aromatic rings. The Balaban J connectivity index is 1.61. The molecule has 2 aromatic heterocycles. The Morgan fingerprint density at radius 1 is 1.36 bits per heavy atom. The van der Waals surface area contributed by atoms with E-state index < -0.39 is 0 Å². The molecule has 0 saturated carbocycles. The second-order valence-corrected chi connectivity index (χ2v) is 6.52. The minimum Gasteiger partial charge on any atom is -0.508 e. The number of rotatable bonds is 4. The molecular formula is C14H11IN4O2S. The smallest absolute Gasteiger partial charge is 0.234 e. The normalized spacial score (nSPS) is 10.8. The van der Waals surface area contributed by atoms with Crippen LogP contribution in [0.5, 0.6) is 5.75 Å². The quantitative estimate of drug-likeness (QED) is 0.258. The number of thioether (sulfide) groups is 1. The van der Waals surface area contributed by atoms with E-state index in [1.807, 2.05) is 6.07 Å². The summed E-state index contributed by atoms with van der Waals surface area (Å²) in [4.78, 5) is 23.6. The Labute approximate surface area is 143 Å². The Morgan fingerprint density at radius 2 is 2.14 bits per heavy atom. The summed E-state index contributed by atoms with van der Waals surface area (Å²) in [6.07, 6.45) is 1.70. The third kappa shape index (κ3) is 3.69. The molecule has 1 aromatic carbocycles. The first-order valence-corrected chi connectivity index (χ1v) is 8.39. The molecule has 0 aliphatic carbocycles. The van der Waals surface area contributed by atoms with E-state index in [9.17, 15) is 9.90 Å². The fourth-order valence-corrected chi connectivity index (χ4v) is 2.94. The summed E-state index contributed by atoms with van der Waals surface area (Å²) in [6.45, 7) is 0. The van der Waals surface area contributed by atoms with E-state index in [1.165, 1.54) is 23.9 Å². The molecule has 22 heavy (non-hydrogen) atoms. The number of aromatic nitrogens is 3. The minimum atomic E-state index is -0.135. The highest BCUT2D eigenvalue weighted by Gasteiger charge is 2.08. The molecule has 8 heteroatoms. The number of halogens is 1. The number of nitrogens with one attached hydrogen (secondary N) is 2. The average Bonchev–Trinajstić information content (AvgIpc) is 2.89. The van der Waals surface area contributed by atoms with Gasteiger partial charge in [-0.3, -0.25) is 4.79 Å². The molecule has 0 saturated heterocycles. The van der Waals surface area contributed by atoms with Crippen molar-refractivity contribution in [3.8, 4) is 5.75 Å². The highest BCUT2D eigenvalue weighted by molar-refractivity contribution is 14.1. The van der Waals surface area contributed by atoms with Gasteiger partial charge in [0.2, 0.25) is 5.91 Å². The number of H-pyrrole nitrogens is 1. The Morgan fingerprint density at radius 3 is 2.91 bits per heavy atom. The predicted octanol–water partition coefficient (Wildman–Crippen LogP) is 3.00. The third-order valence-electron chi connectivity index (χ3n) is 2.80. The number of amides is 1. The van der Waals surface area contributed by atoms with E-state index in [2.05, 4.69) is 42.9 Å². The van der Waals surface area contributed by atoms with E-state index in [1.54, 1.807) is 18.3 Å². The fraction of sp³-hybridized carbons (Fsp3) is 0.0714. The molecule has 0 bridgehead atoms. The van der Waals surface area contributed by atoms with Crippen molar-refractivity contribution in [2.45, 2.75) is 5.16 Å². The van der Waals surface area contributed by atoms with Crippen LogP contribution in [0.1, 0.15) is 0 Å². The zero-order chi connectivity index (χ0) is 15.5. The van der Waals surface area contributed by atoms with Crippen molar-refractivity contribution in [3.63, 3.8) is 0 Å². The van der Waals surface area contributed by atoms with Gasteiger partial charge in [-0.25, -0.2) is 9.97 Å². The summed E-state index contributed by atoms with van der Waals surface area (Å²) < 4.78 is 0.885. The van der Waals surface area contributed by atoms with E-state index >= 15 is 0 Å². The molecule has 0 fully saturated rings. The number of phenols is 1. The topological polar surface area (TPSA) is 90.9 Å². The molecule has 0 atom stereocenters. The van der Waals surface area contributed by atoms with E-state index in [0.717, 1.165) is 14.7 Å². The molecule has 0 aliphatic rings. The molecule has 112 valence electrons. The minimum absolute atomic E-state index is 0.135. The van der Waals surface area contributed by atoms with Gasteiger partial charge in [0, 0.05) is 5.69 Å². The molecule has 0 radical (unpaired) electrons. The van der Waals surface area contributed by atoms with Gasteiger partial charge in [0.05, 0.1) is 17.5 Å². The monoisotopic (exact) mass is 426 g/mol. The van der Waals surface area contributed by atoms with Gasteiger partial charge in [0.25, 0.3) is 0 Å². The first kappa shape index (κ1) is 15.1. The van der Waals surface area contributed by atoms with Gasteiger partial charge in [-0.15, -0.1) is 0 Å². The predicted molar refractivity (Wildman–Crippen MR) is 94.1 cm³/mol. The van der Waals surface area contributed by atoms with Crippen molar-refractivity contribution >= 4 is 57.0 Å². The largest absolute Gasteiger partial charge is 0.508 e. The molecule has 0 aliphatic heterocycles. The van der Waals surface area contributed by atoms with Crippen LogP contribution < -0.4 is 5.32 Å². The number of anilines is 1. The van der Waals surface area contributed by atoms with Gasteiger partial charge >= 0.3 is 0 Å². The van der Waals surface area contributed by atoms with Crippen LogP contribution in [-0.4, -0.2) is 31.7 Å². The standard InChI is InChI=1S/C14H11IN4O2S/c15-12-5-10-11(6-16-12)19-14(18-10)22-7-13(21)17-8-1-3-9(20)4-2-8/h1-6,20H,7H2,(H,17,21)(H,18,19). The van der Waals surface area contributed by atoms with E-state index in [0.29, 0.717) is 10.8 Å². The van der Waals surface area contributed by atoms with Crippen molar-refractivity contribution in [2.75, 3.05) is 11.1 Å². The number of carbonyl (C=O) groups is 1. The number of nitrogens with zero attached hydrogens (tertiary/aromatic N) is 2. The van der Waals surface area contributed by atoms with Crippen LogP contribution >= 0.6 is 34.4 Å². The van der Waals surface area contributed by atoms with Crippen molar-refractivity contribution in [1.29, 1.82) is 0 Å². The Bertz CT molecular complexity index is 819. The second kappa shape index (κ2) is 6.53. The van der Waals surface area contributed by atoms with Gasteiger partial charge < -0.3 is 15.4 Å². The van der Waals surface area contributed by atoms with E-state index in [4.69, 9.17) is 0 Å². The lowest BCUT2D eigenvalue weighted by Crippen LogP contribution is -2.13. The number of imidazole rings is 1. The maximum Gasteiger partial charge on any atom is 0.234 e. The summed E-state index contributed by atoms with van der Waals surface area (Å²) in [7, 11) is 0. The van der Waals surface area contributed by atoms with Crippen LogP contribution in [0.25, 0.3) is 11.0 Å². The van der Waals surface area contributed by atoms with Crippen LogP contribution in [0.4, 0.5) is 5.69 Å². The van der Waals surface area contributed by atoms with E-state index in [-0.39, 0.29) is 17.4 Å². The van der Waals surface area contributed by atoms with Crippen LogP contribution in [-0.2, 0) is 4.79 Å². The zero-order valence-electron chi connectivity index (χ0n) is 11.2. The summed E-state index contributed by atoms with van der Waals surface area (Å²) in [5.74, 6) is 0.271. The van der Waals surface area contributed by atoms with Crippen molar-refractivity contribution in [1.82, 2.24) is 15.0 Å². The number of benzene rings is 1. The zero-order valence-corrected chi connectivity index (χ0v) is 14.2. The van der Waals surface area contributed by atoms with Crippen molar-refractivity contribution in [2.24, 2.45) is 0 Å². The molecule has 2 heterocycles. The number of phenolic OH excluding ortho intramolecular Hbond substituents is 1. The highest BCUT2D eigenvalue weighted by Crippen LogP contribution is 2.20. The molecule has 3 N–H and O–H groups in total. The highest BCUT2D eigenvalue weighted by atomic mass is 127. The molecule has 0 unspecified atom stereocenters. The Kier molecular flexibility index (Phi) is 4.48. The van der Waals surface area contributed by atoms with Gasteiger partial charge in [-0.2, -0.15) is 0 Å². The van der Waals surface area contributed by atoms with Crippen molar-refractivity contribution in [3.05, 3.63) is 40.2 Å². The first-order chi connectivity index (χ1) is 10.6. The van der Waals surface area contributed by atoms with Crippen LogP contribution in [0.3, 0.4) is 0 Å². The lowest BCUT2D eigenvalue weighted by molar-refractivity contribution is -0.113. The number of aromatic amines is 1. The molecule has 0 spiro atoms. The number of aromatic hydroxyl groups is 1. The van der Waals surface area contributed by atoms with Crippen LogP contribution in [0, 0.1) is 3.70 Å². The van der Waals surface area contributed by atoms with Gasteiger partial charge in [0.1, 0.15) is 15.0 Å². The first-order valence-electron chi connectivity index (χ1n) is 6.33. The maximum atomic E-state index is 11.9. The number of hydrogen-bond donors (Lipinski definition) is 3. The molecule has 1 amide bonds. The summed E-state index contributed by atoms with van der Waals surface area (Å²) in [5, 5.41) is 12.6. The van der Waals surface area contributed by atoms with Gasteiger partial charge in [-0.1, -0.05) is 11.8 Å². The lowest BCUT2D eigenvalue weighted by Gasteiger charge is -2.04. The van der Waals surface area contributed by atoms with Gasteiger partial charge in [-0.05, 0) is 52.9 Å².